The second-order valence-electron chi connectivity index (χ2n) is 7.17. The Bertz CT molecular complexity index is 577. The zero-order valence-corrected chi connectivity index (χ0v) is 14.2. The number of hydrogen-bond acceptors (Lipinski definition) is 2. The molecule has 5 nitrogen and oxygen atoms in total. The van der Waals surface area contributed by atoms with Gasteiger partial charge >= 0.3 is 5.97 Å². The van der Waals surface area contributed by atoms with Gasteiger partial charge in [-0.05, 0) is 18.1 Å². The van der Waals surface area contributed by atoms with E-state index in [4.69, 9.17) is 0 Å². The minimum Gasteiger partial charge on any atom is -0.480 e. The number of carboxylic acid groups (broad SMARTS) is 1. The van der Waals surface area contributed by atoms with E-state index in [9.17, 15) is 14.7 Å². The number of amides is 1. The van der Waals surface area contributed by atoms with Crippen LogP contribution in [0.2, 0.25) is 0 Å². The summed E-state index contributed by atoms with van der Waals surface area (Å²) in [7, 11) is 2.25. The molecule has 1 aromatic carbocycles. The van der Waals surface area contributed by atoms with Crippen LogP contribution >= 0.6 is 0 Å². The van der Waals surface area contributed by atoms with Gasteiger partial charge in [0.05, 0.1) is 20.1 Å². The number of carboxylic acids is 1. The number of carbonyl (C=O) groups excluding carboxylic acids is 1. The Labute approximate surface area is 137 Å². The zero-order chi connectivity index (χ0) is 17.0. The number of aliphatic carboxylic acids is 1. The molecule has 23 heavy (non-hydrogen) atoms. The molecule has 0 aromatic heterocycles. The molecule has 1 heterocycles. The van der Waals surface area contributed by atoms with Crippen molar-refractivity contribution in [3.05, 3.63) is 35.4 Å². The molecule has 2 N–H and O–H groups in total. The number of likely N-dealkylation sites (tertiary alicyclic amines) is 1. The minimum atomic E-state index is -1.00. The van der Waals surface area contributed by atoms with Crippen molar-refractivity contribution in [3.8, 4) is 0 Å². The maximum atomic E-state index is 12.4. The second-order valence-corrected chi connectivity index (χ2v) is 7.17. The van der Waals surface area contributed by atoms with Crippen LogP contribution in [0.15, 0.2) is 24.3 Å². The Morgan fingerprint density at radius 3 is 2.48 bits per heavy atom. The van der Waals surface area contributed by atoms with E-state index in [1.165, 1.54) is 25.9 Å². The number of benzene rings is 1. The van der Waals surface area contributed by atoms with Crippen molar-refractivity contribution < 1.29 is 19.2 Å². The fourth-order valence-corrected chi connectivity index (χ4v) is 3.25. The highest BCUT2D eigenvalue weighted by Crippen LogP contribution is 2.21. The predicted molar refractivity (Wildman–Crippen MR) is 89.0 cm³/mol. The SMILES string of the molecule is CC(C)[C@H](NC(=O)c1cccc(C[N+]2(C)CCCC2)c1)C(=O)O. The van der Waals surface area contributed by atoms with Gasteiger partial charge in [-0.25, -0.2) is 4.79 Å². The lowest BCUT2D eigenvalue weighted by molar-refractivity contribution is -0.910. The van der Waals surface area contributed by atoms with Gasteiger partial charge in [-0.3, -0.25) is 4.79 Å². The van der Waals surface area contributed by atoms with Gasteiger partial charge in [0, 0.05) is 24.0 Å². The number of rotatable bonds is 6. The summed E-state index contributed by atoms with van der Waals surface area (Å²) in [6.45, 7) is 6.82. The molecule has 2 rings (SSSR count). The molecule has 1 aliphatic heterocycles. The number of carbonyl (C=O) groups is 2. The number of nitrogens with one attached hydrogen (secondary N) is 1. The molecular formula is C18H27N2O3+. The van der Waals surface area contributed by atoms with Crippen LogP contribution in [0.25, 0.3) is 0 Å². The maximum Gasteiger partial charge on any atom is 0.326 e. The van der Waals surface area contributed by atoms with Crippen LogP contribution in [0.5, 0.6) is 0 Å². The topological polar surface area (TPSA) is 66.4 Å². The largest absolute Gasteiger partial charge is 0.480 e. The molecule has 0 bridgehead atoms. The summed E-state index contributed by atoms with van der Waals surface area (Å²) in [4.78, 5) is 23.6. The summed E-state index contributed by atoms with van der Waals surface area (Å²) < 4.78 is 1.01. The highest BCUT2D eigenvalue weighted by atomic mass is 16.4. The molecule has 0 radical (unpaired) electrons. The van der Waals surface area contributed by atoms with Crippen LogP contribution in [0.1, 0.15) is 42.6 Å². The molecule has 1 aliphatic rings. The first kappa shape index (κ1) is 17.5. The van der Waals surface area contributed by atoms with E-state index in [2.05, 4.69) is 12.4 Å². The fourth-order valence-electron chi connectivity index (χ4n) is 3.25. The van der Waals surface area contributed by atoms with Crippen molar-refractivity contribution in [1.29, 1.82) is 0 Å². The van der Waals surface area contributed by atoms with Crippen molar-refractivity contribution >= 4 is 11.9 Å². The summed E-state index contributed by atoms with van der Waals surface area (Å²) in [6, 6.07) is 6.67. The van der Waals surface area contributed by atoms with Crippen LogP contribution in [0, 0.1) is 5.92 Å². The predicted octanol–water partition coefficient (Wildman–Crippen LogP) is 2.27. The molecule has 0 saturated carbocycles. The summed E-state index contributed by atoms with van der Waals surface area (Å²) >= 11 is 0. The first-order valence-corrected chi connectivity index (χ1v) is 8.27. The third-order valence-corrected chi connectivity index (χ3v) is 4.62. The van der Waals surface area contributed by atoms with Crippen molar-refractivity contribution in [3.63, 3.8) is 0 Å². The van der Waals surface area contributed by atoms with Gasteiger partial charge in [0.1, 0.15) is 12.6 Å². The first-order chi connectivity index (χ1) is 10.8. The van der Waals surface area contributed by atoms with Crippen molar-refractivity contribution in [2.45, 2.75) is 39.3 Å². The van der Waals surface area contributed by atoms with E-state index in [-0.39, 0.29) is 11.8 Å². The van der Waals surface area contributed by atoms with E-state index in [0.29, 0.717) is 5.56 Å². The fraction of sp³-hybridized carbons (Fsp3) is 0.556. The van der Waals surface area contributed by atoms with Crippen molar-refractivity contribution in [1.82, 2.24) is 5.32 Å². The molecule has 1 fully saturated rings. The van der Waals surface area contributed by atoms with E-state index in [0.717, 1.165) is 16.6 Å². The summed E-state index contributed by atoms with van der Waals surface area (Å²) in [6.07, 6.45) is 2.51. The monoisotopic (exact) mass is 319 g/mol. The molecule has 0 unspecified atom stereocenters. The van der Waals surface area contributed by atoms with Crippen LogP contribution in [-0.2, 0) is 11.3 Å². The average molecular weight is 319 g/mol. The van der Waals surface area contributed by atoms with E-state index < -0.39 is 12.0 Å². The average Bonchev–Trinajstić information content (AvgIpc) is 2.90. The molecule has 126 valence electrons. The van der Waals surface area contributed by atoms with Gasteiger partial charge in [-0.2, -0.15) is 0 Å². The van der Waals surface area contributed by atoms with Gasteiger partial charge in [0.15, 0.2) is 0 Å². The zero-order valence-electron chi connectivity index (χ0n) is 14.2. The quantitative estimate of drug-likeness (QED) is 0.791. The van der Waals surface area contributed by atoms with Gasteiger partial charge < -0.3 is 14.9 Å². The van der Waals surface area contributed by atoms with E-state index in [1.807, 2.05) is 18.2 Å². The number of nitrogens with zero attached hydrogens (tertiary/aromatic N) is 1. The van der Waals surface area contributed by atoms with Crippen molar-refractivity contribution in [2.24, 2.45) is 5.92 Å². The van der Waals surface area contributed by atoms with E-state index >= 15 is 0 Å². The lowest BCUT2D eigenvalue weighted by Gasteiger charge is -2.29. The van der Waals surface area contributed by atoms with Crippen LogP contribution in [-0.4, -0.2) is 47.6 Å². The molecule has 0 aliphatic carbocycles. The summed E-state index contributed by atoms with van der Waals surface area (Å²) in [5.74, 6) is -1.48. The molecule has 0 spiro atoms. The van der Waals surface area contributed by atoms with Gasteiger partial charge in [0.25, 0.3) is 5.91 Å². The Balaban J connectivity index is 2.09. The highest BCUT2D eigenvalue weighted by molar-refractivity contribution is 5.96. The Hall–Kier alpha value is -1.88. The molecular weight excluding hydrogens is 292 g/mol. The number of hydrogen-bond donors (Lipinski definition) is 2. The maximum absolute atomic E-state index is 12.4. The molecule has 1 amide bonds. The molecule has 1 saturated heterocycles. The lowest BCUT2D eigenvalue weighted by Crippen LogP contribution is -2.44. The normalized spacial score (nSPS) is 17.9. The van der Waals surface area contributed by atoms with Crippen LogP contribution in [0.4, 0.5) is 0 Å². The Morgan fingerprint density at radius 2 is 1.91 bits per heavy atom. The minimum absolute atomic E-state index is 0.159. The standard InChI is InChI=1S/C18H26N2O3/c1-13(2)16(18(22)23)19-17(21)15-8-6-7-14(11-15)12-20(3)9-4-5-10-20/h6-8,11,13,16H,4-5,9-10,12H2,1-3H3,(H-,19,21,22,23)/p+1/t16-/m0/s1. The lowest BCUT2D eigenvalue weighted by atomic mass is 10.0. The Morgan fingerprint density at radius 1 is 1.26 bits per heavy atom. The van der Waals surface area contributed by atoms with Gasteiger partial charge in [0.2, 0.25) is 0 Å². The second kappa shape index (κ2) is 7.13. The molecule has 1 atom stereocenters. The highest BCUT2D eigenvalue weighted by Gasteiger charge is 2.27. The molecule has 5 heteroatoms. The van der Waals surface area contributed by atoms with Crippen molar-refractivity contribution in [2.75, 3.05) is 20.1 Å². The molecule has 1 aromatic rings. The third-order valence-electron chi connectivity index (χ3n) is 4.62. The van der Waals surface area contributed by atoms with Crippen LogP contribution < -0.4 is 5.32 Å². The van der Waals surface area contributed by atoms with Gasteiger partial charge in [-0.15, -0.1) is 0 Å². The first-order valence-electron chi connectivity index (χ1n) is 8.27. The summed E-state index contributed by atoms with van der Waals surface area (Å²) in [5.41, 5.74) is 1.65. The summed E-state index contributed by atoms with van der Waals surface area (Å²) in [5, 5.41) is 11.8. The van der Waals surface area contributed by atoms with E-state index in [1.54, 1.807) is 19.9 Å². The third kappa shape index (κ3) is 4.55. The van der Waals surface area contributed by atoms with Gasteiger partial charge in [-0.1, -0.05) is 26.0 Å². The Kier molecular flexibility index (Phi) is 5.42. The number of quaternary nitrogens is 1. The van der Waals surface area contributed by atoms with Crippen LogP contribution in [0.3, 0.4) is 0 Å². The smallest absolute Gasteiger partial charge is 0.326 e.